The maximum absolute atomic E-state index is 12.1. The second kappa shape index (κ2) is 4.86. The van der Waals surface area contributed by atoms with E-state index in [-0.39, 0.29) is 12.2 Å². The van der Waals surface area contributed by atoms with Crippen LogP contribution in [-0.4, -0.2) is 10.8 Å². The van der Waals surface area contributed by atoms with E-state index in [0.717, 1.165) is 11.1 Å². The molecule has 0 aliphatic heterocycles. The Morgan fingerprint density at radius 3 is 2.89 bits per heavy atom. The summed E-state index contributed by atoms with van der Waals surface area (Å²) in [5.74, 6) is 0.244. The van der Waals surface area contributed by atoms with Crippen molar-refractivity contribution in [3.05, 3.63) is 65.1 Å². The first-order valence-electron chi connectivity index (χ1n) is 5.84. The summed E-state index contributed by atoms with van der Waals surface area (Å²) in [7, 11) is 0. The fourth-order valence-electron chi connectivity index (χ4n) is 1.91. The zero-order valence-electron chi connectivity index (χ0n) is 9.97. The van der Waals surface area contributed by atoms with Crippen molar-refractivity contribution in [2.24, 2.45) is 0 Å². The number of benzene rings is 1. The molecule has 3 rings (SSSR count). The van der Waals surface area contributed by atoms with Crippen LogP contribution in [0.4, 0.5) is 0 Å². The molecule has 2 heterocycles. The summed E-state index contributed by atoms with van der Waals surface area (Å²) in [6.07, 6.45) is 1.90. The van der Waals surface area contributed by atoms with Gasteiger partial charge in [-0.25, -0.2) is 0 Å². The van der Waals surface area contributed by atoms with Crippen molar-refractivity contribution in [3.8, 4) is 0 Å². The van der Waals surface area contributed by atoms with E-state index >= 15 is 0 Å². The lowest BCUT2D eigenvalue weighted by molar-refractivity contribution is 0.0967. The Balaban J connectivity index is 1.89. The van der Waals surface area contributed by atoms with Gasteiger partial charge in [0.15, 0.2) is 5.76 Å². The Kier molecular flexibility index (Phi) is 3.05. The van der Waals surface area contributed by atoms with Gasteiger partial charge in [-0.1, -0.05) is 17.7 Å². The minimum absolute atomic E-state index is 0.0916. The molecular weight excluding hydrogens is 262 g/mol. The highest BCUT2D eigenvalue weighted by Crippen LogP contribution is 2.23. The number of Topliss-reactive ketones (excluding diaryl/α,β-unsaturated/α-hetero) is 1. The first kappa shape index (κ1) is 11.9. The van der Waals surface area contributed by atoms with E-state index in [1.807, 2.05) is 18.2 Å². The molecule has 0 saturated heterocycles. The van der Waals surface area contributed by atoms with Crippen LogP contribution in [0.15, 0.2) is 53.1 Å². The lowest BCUT2D eigenvalue weighted by atomic mass is 10.1. The van der Waals surface area contributed by atoms with Crippen LogP contribution in [0.3, 0.4) is 0 Å². The fourth-order valence-corrected chi connectivity index (χ4v) is 2.09. The summed E-state index contributed by atoms with van der Waals surface area (Å²) >= 11 is 5.90. The number of hydrogen-bond acceptors (Lipinski definition) is 3. The molecule has 0 radical (unpaired) electrons. The van der Waals surface area contributed by atoms with Gasteiger partial charge >= 0.3 is 0 Å². The normalized spacial score (nSPS) is 10.8. The van der Waals surface area contributed by atoms with Crippen LogP contribution in [0.5, 0.6) is 0 Å². The lowest BCUT2D eigenvalue weighted by Gasteiger charge is -1.96. The third-order valence-electron chi connectivity index (χ3n) is 2.82. The van der Waals surface area contributed by atoms with Gasteiger partial charge in [-0.3, -0.25) is 9.78 Å². The number of pyridine rings is 1. The van der Waals surface area contributed by atoms with Gasteiger partial charge < -0.3 is 4.42 Å². The Morgan fingerprint density at radius 1 is 1.21 bits per heavy atom. The van der Waals surface area contributed by atoms with Crippen molar-refractivity contribution in [1.29, 1.82) is 0 Å². The van der Waals surface area contributed by atoms with E-state index in [1.165, 1.54) is 0 Å². The van der Waals surface area contributed by atoms with Gasteiger partial charge in [0.1, 0.15) is 5.58 Å². The third kappa shape index (κ3) is 2.51. The largest absolute Gasteiger partial charge is 0.453 e. The number of carbonyl (C=O) groups is 1. The molecule has 2 aromatic heterocycles. The maximum Gasteiger partial charge on any atom is 0.203 e. The molecule has 19 heavy (non-hydrogen) atoms. The smallest absolute Gasteiger partial charge is 0.203 e. The van der Waals surface area contributed by atoms with Crippen LogP contribution in [-0.2, 0) is 6.42 Å². The Hall–Kier alpha value is -2.13. The van der Waals surface area contributed by atoms with E-state index in [9.17, 15) is 4.79 Å². The van der Waals surface area contributed by atoms with Crippen molar-refractivity contribution in [2.45, 2.75) is 6.42 Å². The van der Waals surface area contributed by atoms with Gasteiger partial charge in [0, 0.05) is 22.3 Å². The first-order chi connectivity index (χ1) is 9.22. The predicted octanol–water partition coefficient (Wildman–Crippen LogP) is 3.91. The number of carbonyl (C=O) groups excluding carboxylic acids is 1. The van der Waals surface area contributed by atoms with Gasteiger partial charge in [-0.05, 0) is 36.4 Å². The Bertz CT molecular complexity index is 734. The van der Waals surface area contributed by atoms with E-state index < -0.39 is 0 Å². The number of furan rings is 1. The molecular formula is C15H10ClNO2. The summed E-state index contributed by atoms with van der Waals surface area (Å²) in [5, 5.41) is 1.45. The topological polar surface area (TPSA) is 43.1 Å². The van der Waals surface area contributed by atoms with Crippen LogP contribution in [0.1, 0.15) is 16.2 Å². The average molecular weight is 272 g/mol. The monoisotopic (exact) mass is 271 g/mol. The molecule has 4 heteroatoms. The second-order valence-electron chi connectivity index (χ2n) is 4.21. The first-order valence-corrected chi connectivity index (χ1v) is 6.22. The molecule has 94 valence electrons. The fraction of sp³-hybridized carbons (Fsp3) is 0.0667. The zero-order chi connectivity index (χ0) is 13.2. The highest BCUT2D eigenvalue weighted by Gasteiger charge is 2.13. The molecule has 0 unspecified atom stereocenters. The SMILES string of the molecule is O=C(Cc1ccccn1)c1cc2cc(Cl)ccc2o1. The van der Waals surface area contributed by atoms with Gasteiger partial charge in [-0.2, -0.15) is 0 Å². The Labute approximate surface area is 114 Å². The number of ketones is 1. The highest BCUT2D eigenvalue weighted by atomic mass is 35.5. The molecule has 3 nitrogen and oxygen atoms in total. The number of nitrogens with zero attached hydrogens (tertiary/aromatic N) is 1. The van der Waals surface area contributed by atoms with Crippen LogP contribution < -0.4 is 0 Å². The van der Waals surface area contributed by atoms with Crippen molar-refractivity contribution < 1.29 is 9.21 Å². The van der Waals surface area contributed by atoms with Crippen molar-refractivity contribution in [2.75, 3.05) is 0 Å². The molecule has 0 spiro atoms. The summed E-state index contributed by atoms with van der Waals surface area (Å²) < 4.78 is 5.52. The number of hydrogen-bond donors (Lipinski definition) is 0. The molecule has 1 aromatic carbocycles. The van der Waals surface area contributed by atoms with E-state index in [1.54, 1.807) is 30.5 Å². The molecule has 0 N–H and O–H groups in total. The van der Waals surface area contributed by atoms with Gasteiger partial charge in [0.25, 0.3) is 0 Å². The number of rotatable bonds is 3. The highest BCUT2D eigenvalue weighted by molar-refractivity contribution is 6.31. The molecule has 0 bridgehead atoms. The molecule has 0 atom stereocenters. The summed E-state index contributed by atoms with van der Waals surface area (Å²) in [5.41, 5.74) is 1.39. The molecule has 0 aliphatic carbocycles. The maximum atomic E-state index is 12.1. The Morgan fingerprint density at radius 2 is 2.11 bits per heavy atom. The zero-order valence-corrected chi connectivity index (χ0v) is 10.7. The van der Waals surface area contributed by atoms with Crippen molar-refractivity contribution in [1.82, 2.24) is 4.98 Å². The standard InChI is InChI=1S/C15H10ClNO2/c16-11-4-5-14-10(7-11)8-15(19-14)13(18)9-12-3-1-2-6-17-12/h1-8H,9H2. The van der Waals surface area contributed by atoms with Crippen LogP contribution in [0.25, 0.3) is 11.0 Å². The average Bonchev–Trinajstić information content (AvgIpc) is 2.83. The third-order valence-corrected chi connectivity index (χ3v) is 3.06. The quantitative estimate of drug-likeness (QED) is 0.679. The lowest BCUT2D eigenvalue weighted by Crippen LogP contribution is -2.03. The van der Waals surface area contributed by atoms with Crippen molar-refractivity contribution >= 4 is 28.4 Å². The minimum Gasteiger partial charge on any atom is -0.453 e. The molecule has 0 amide bonds. The molecule has 0 aliphatic rings. The minimum atomic E-state index is -0.0916. The summed E-state index contributed by atoms with van der Waals surface area (Å²) in [6.45, 7) is 0. The molecule has 3 aromatic rings. The van der Waals surface area contributed by atoms with Crippen LogP contribution in [0, 0.1) is 0 Å². The van der Waals surface area contributed by atoms with Gasteiger partial charge in [0.2, 0.25) is 5.78 Å². The molecule has 0 fully saturated rings. The van der Waals surface area contributed by atoms with Crippen LogP contribution in [0.2, 0.25) is 5.02 Å². The predicted molar refractivity (Wildman–Crippen MR) is 73.5 cm³/mol. The van der Waals surface area contributed by atoms with Gasteiger partial charge in [-0.15, -0.1) is 0 Å². The summed E-state index contributed by atoms with van der Waals surface area (Å²) in [6, 6.07) is 12.5. The number of aromatic nitrogens is 1. The van der Waals surface area contributed by atoms with E-state index in [2.05, 4.69) is 4.98 Å². The number of fused-ring (bicyclic) bond motifs is 1. The van der Waals surface area contributed by atoms with E-state index in [4.69, 9.17) is 16.0 Å². The van der Waals surface area contributed by atoms with Crippen molar-refractivity contribution in [3.63, 3.8) is 0 Å². The van der Waals surface area contributed by atoms with Crippen LogP contribution >= 0.6 is 11.6 Å². The van der Waals surface area contributed by atoms with E-state index in [0.29, 0.717) is 16.4 Å². The molecule has 0 saturated carbocycles. The summed E-state index contributed by atoms with van der Waals surface area (Å²) in [4.78, 5) is 16.2. The number of halogens is 1. The second-order valence-corrected chi connectivity index (χ2v) is 4.65. The van der Waals surface area contributed by atoms with Gasteiger partial charge in [0.05, 0.1) is 6.42 Å².